The lowest BCUT2D eigenvalue weighted by Gasteiger charge is -2.18. The Balaban J connectivity index is 2.51. The molecule has 0 bridgehead atoms. The van der Waals surface area contributed by atoms with Crippen LogP contribution < -0.4 is 5.32 Å². The van der Waals surface area contributed by atoms with Gasteiger partial charge in [0.25, 0.3) is 0 Å². The maximum Gasteiger partial charge on any atom is 0.419 e. The van der Waals surface area contributed by atoms with Crippen molar-refractivity contribution in [2.75, 3.05) is 7.05 Å². The zero-order valence-electron chi connectivity index (χ0n) is 11.7. The molecule has 1 N–H and O–H groups in total. The Kier molecular flexibility index (Phi) is 4.34. The lowest BCUT2D eigenvalue weighted by atomic mass is 10.0. The fraction of sp³-hybridized carbons (Fsp3) is 0.357. The van der Waals surface area contributed by atoms with Crippen molar-refractivity contribution in [1.29, 1.82) is 0 Å². The summed E-state index contributed by atoms with van der Waals surface area (Å²) in [6, 6.07) is 2.62. The van der Waals surface area contributed by atoms with E-state index in [0.717, 1.165) is 27.7 Å². The van der Waals surface area contributed by atoms with Crippen LogP contribution in [0.3, 0.4) is 0 Å². The summed E-state index contributed by atoms with van der Waals surface area (Å²) in [6.45, 7) is 3.64. The van der Waals surface area contributed by atoms with Gasteiger partial charge < -0.3 is 5.32 Å². The Bertz CT molecular complexity index is 649. The van der Waals surface area contributed by atoms with Crippen molar-refractivity contribution in [3.05, 3.63) is 50.7 Å². The summed E-state index contributed by atoms with van der Waals surface area (Å²) in [5.74, 6) is -1.27. The normalized spacial score (nSPS) is 13.5. The van der Waals surface area contributed by atoms with Crippen LogP contribution >= 0.6 is 11.3 Å². The number of halogens is 4. The predicted molar refractivity (Wildman–Crippen MR) is 73.9 cm³/mol. The first-order valence-corrected chi connectivity index (χ1v) is 7.03. The Hall–Kier alpha value is -1.47. The van der Waals surface area contributed by atoms with E-state index in [4.69, 9.17) is 0 Å². The Morgan fingerprint density at radius 1 is 1.24 bits per heavy atom. The van der Waals surface area contributed by atoms with Crippen LogP contribution in [0, 0.1) is 19.7 Å². The average molecular weight is 318 g/mol. The van der Waals surface area contributed by atoms with Crippen molar-refractivity contribution >= 4 is 11.3 Å². The molecule has 0 saturated heterocycles. The maximum atomic E-state index is 13.4. The molecule has 0 fully saturated rings. The molecule has 2 aromatic rings. The van der Waals surface area contributed by atoms with E-state index in [9.17, 15) is 17.6 Å². The molecule has 1 aromatic heterocycles. The standard InChI is InChI=1S/C14H14F4N2S/c1-7-13(21-8(2)20-7)12(19-3)9-4-5-11(15)10(6-9)14(16,17)18/h4-6,12,19H,1-3H3. The lowest BCUT2D eigenvalue weighted by Crippen LogP contribution is -2.19. The summed E-state index contributed by atoms with van der Waals surface area (Å²) in [6.07, 6.45) is -4.71. The Labute approximate surface area is 123 Å². The molecule has 0 radical (unpaired) electrons. The van der Waals surface area contributed by atoms with Crippen LogP contribution in [0.2, 0.25) is 0 Å². The number of benzene rings is 1. The number of rotatable bonds is 3. The van der Waals surface area contributed by atoms with Crippen molar-refractivity contribution in [2.24, 2.45) is 0 Å². The van der Waals surface area contributed by atoms with Gasteiger partial charge in [0.05, 0.1) is 22.3 Å². The Morgan fingerprint density at radius 2 is 1.90 bits per heavy atom. The molecule has 0 saturated carbocycles. The third-order valence-electron chi connectivity index (χ3n) is 3.12. The highest BCUT2D eigenvalue weighted by molar-refractivity contribution is 7.11. The Morgan fingerprint density at radius 3 is 2.38 bits per heavy atom. The second-order valence-corrected chi connectivity index (χ2v) is 5.88. The molecule has 2 nitrogen and oxygen atoms in total. The molecule has 21 heavy (non-hydrogen) atoms. The van der Waals surface area contributed by atoms with E-state index in [1.807, 2.05) is 6.92 Å². The lowest BCUT2D eigenvalue weighted by molar-refractivity contribution is -0.140. The highest BCUT2D eigenvalue weighted by atomic mass is 32.1. The molecular weight excluding hydrogens is 304 g/mol. The van der Waals surface area contributed by atoms with Gasteiger partial charge in [-0.25, -0.2) is 9.37 Å². The summed E-state index contributed by atoms with van der Waals surface area (Å²) < 4.78 is 51.8. The molecule has 1 atom stereocenters. The minimum absolute atomic E-state index is 0.359. The molecule has 1 aromatic carbocycles. The molecular formula is C14H14F4N2S. The average Bonchev–Trinajstić information content (AvgIpc) is 2.70. The fourth-order valence-corrected chi connectivity index (χ4v) is 3.27. The quantitative estimate of drug-likeness (QED) is 0.857. The van der Waals surface area contributed by atoms with E-state index in [1.54, 1.807) is 14.0 Å². The maximum absolute atomic E-state index is 13.4. The van der Waals surface area contributed by atoms with Gasteiger partial charge in [-0.3, -0.25) is 0 Å². The van der Waals surface area contributed by atoms with Crippen molar-refractivity contribution < 1.29 is 17.6 Å². The van der Waals surface area contributed by atoms with Crippen molar-refractivity contribution in [3.8, 4) is 0 Å². The van der Waals surface area contributed by atoms with Gasteiger partial charge in [-0.2, -0.15) is 13.2 Å². The van der Waals surface area contributed by atoms with E-state index >= 15 is 0 Å². The van der Waals surface area contributed by atoms with Gasteiger partial charge in [0.1, 0.15) is 5.82 Å². The van der Waals surface area contributed by atoms with Gasteiger partial charge in [-0.05, 0) is 38.6 Å². The van der Waals surface area contributed by atoms with E-state index in [1.165, 1.54) is 17.4 Å². The number of hydrogen-bond acceptors (Lipinski definition) is 3. The molecule has 114 valence electrons. The summed E-state index contributed by atoms with van der Waals surface area (Å²) in [4.78, 5) is 5.10. The number of aromatic nitrogens is 1. The summed E-state index contributed by atoms with van der Waals surface area (Å²) in [7, 11) is 1.65. The van der Waals surface area contributed by atoms with Crippen LogP contribution in [-0.4, -0.2) is 12.0 Å². The first-order chi connectivity index (χ1) is 9.74. The molecule has 2 rings (SSSR count). The van der Waals surface area contributed by atoms with Crippen LogP contribution in [0.5, 0.6) is 0 Å². The molecule has 0 spiro atoms. The van der Waals surface area contributed by atoms with Crippen LogP contribution in [0.25, 0.3) is 0 Å². The van der Waals surface area contributed by atoms with Crippen molar-refractivity contribution in [3.63, 3.8) is 0 Å². The minimum atomic E-state index is -4.71. The van der Waals surface area contributed by atoms with Crippen LogP contribution in [0.4, 0.5) is 17.6 Å². The number of thiazole rings is 1. The largest absolute Gasteiger partial charge is 0.419 e. The summed E-state index contributed by atoms with van der Waals surface area (Å²) in [5.41, 5.74) is -0.133. The highest BCUT2D eigenvalue weighted by Gasteiger charge is 2.35. The number of nitrogens with zero attached hydrogens (tertiary/aromatic N) is 1. The molecule has 7 heteroatoms. The third kappa shape index (κ3) is 3.24. The molecule has 1 heterocycles. The first kappa shape index (κ1) is 15.9. The van der Waals surface area contributed by atoms with Crippen LogP contribution in [0.1, 0.15) is 32.7 Å². The van der Waals surface area contributed by atoms with Crippen LogP contribution in [-0.2, 0) is 6.18 Å². The van der Waals surface area contributed by atoms with E-state index in [2.05, 4.69) is 10.3 Å². The zero-order valence-corrected chi connectivity index (χ0v) is 12.5. The third-order valence-corrected chi connectivity index (χ3v) is 4.26. The van der Waals surface area contributed by atoms with Gasteiger partial charge >= 0.3 is 6.18 Å². The fourth-order valence-electron chi connectivity index (χ4n) is 2.20. The van der Waals surface area contributed by atoms with Crippen molar-refractivity contribution in [1.82, 2.24) is 10.3 Å². The van der Waals surface area contributed by atoms with E-state index in [-0.39, 0.29) is 0 Å². The van der Waals surface area contributed by atoms with E-state index < -0.39 is 23.6 Å². The molecule has 0 amide bonds. The molecule has 0 aliphatic rings. The summed E-state index contributed by atoms with van der Waals surface area (Å²) in [5, 5.41) is 3.80. The minimum Gasteiger partial charge on any atom is -0.309 e. The smallest absolute Gasteiger partial charge is 0.309 e. The highest BCUT2D eigenvalue weighted by Crippen LogP contribution is 2.35. The predicted octanol–water partition coefficient (Wildman–Crippen LogP) is 4.23. The molecule has 0 aliphatic heterocycles. The van der Waals surface area contributed by atoms with Gasteiger partial charge in [0, 0.05) is 4.88 Å². The number of aryl methyl sites for hydroxylation is 2. The zero-order chi connectivity index (χ0) is 15.8. The summed E-state index contributed by atoms with van der Waals surface area (Å²) >= 11 is 1.41. The van der Waals surface area contributed by atoms with Gasteiger partial charge in [-0.15, -0.1) is 11.3 Å². The topological polar surface area (TPSA) is 24.9 Å². The monoisotopic (exact) mass is 318 g/mol. The van der Waals surface area contributed by atoms with Gasteiger partial charge in [0.15, 0.2) is 0 Å². The van der Waals surface area contributed by atoms with E-state index in [0.29, 0.717) is 5.56 Å². The number of alkyl halides is 3. The first-order valence-electron chi connectivity index (χ1n) is 6.22. The SMILES string of the molecule is CNC(c1ccc(F)c(C(F)(F)F)c1)c1sc(C)nc1C. The second kappa shape index (κ2) is 5.73. The van der Waals surface area contributed by atoms with Crippen LogP contribution in [0.15, 0.2) is 18.2 Å². The number of nitrogens with one attached hydrogen (secondary N) is 1. The molecule has 1 unspecified atom stereocenters. The van der Waals surface area contributed by atoms with Gasteiger partial charge in [-0.1, -0.05) is 6.07 Å². The second-order valence-electron chi connectivity index (χ2n) is 4.64. The number of hydrogen-bond donors (Lipinski definition) is 1. The van der Waals surface area contributed by atoms with Gasteiger partial charge in [0.2, 0.25) is 0 Å². The van der Waals surface area contributed by atoms with Crippen molar-refractivity contribution in [2.45, 2.75) is 26.1 Å². The molecule has 0 aliphatic carbocycles.